The highest BCUT2D eigenvalue weighted by molar-refractivity contribution is 5.93. The lowest BCUT2D eigenvalue weighted by atomic mass is 10.1. The number of benzene rings is 2. The molecule has 5 rings (SSSR count). The maximum atomic E-state index is 11.8. The molecule has 0 aliphatic carbocycles. The second-order valence-corrected chi connectivity index (χ2v) is 9.05. The Kier molecular flexibility index (Phi) is 7.46. The molecule has 0 saturated carbocycles. The zero-order valence-corrected chi connectivity index (χ0v) is 21.9. The van der Waals surface area contributed by atoms with E-state index in [1.165, 1.54) is 18.7 Å². The van der Waals surface area contributed by atoms with Gasteiger partial charge in [-0.15, -0.1) is 0 Å². The van der Waals surface area contributed by atoms with E-state index in [0.29, 0.717) is 40.5 Å². The van der Waals surface area contributed by atoms with Gasteiger partial charge in [-0.25, -0.2) is 19.5 Å². The van der Waals surface area contributed by atoms with Gasteiger partial charge in [-0.1, -0.05) is 6.92 Å². The van der Waals surface area contributed by atoms with Crippen molar-refractivity contribution >= 4 is 33.7 Å². The molecule has 0 bridgehead atoms. The SMILES string of the molecule is CCN(C)CCCOc1cc2ncnc(Nc3ccc(Oc4ccn5ncnc5c4)c(C)c3)c2cc1[N+](=O)[O-]. The van der Waals surface area contributed by atoms with Crippen LogP contribution < -0.4 is 14.8 Å². The van der Waals surface area contributed by atoms with Crippen LogP contribution in [-0.4, -0.2) is 61.1 Å². The summed E-state index contributed by atoms with van der Waals surface area (Å²) in [5.74, 6) is 1.96. The van der Waals surface area contributed by atoms with Gasteiger partial charge in [0.15, 0.2) is 11.4 Å². The van der Waals surface area contributed by atoms with Crippen molar-refractivity contribution in [3.63, 3.8) is 0 Å². The third-order valence-electron chi connectivity index (χ3n) is 6.31. The number of nitrogens with zero attached hydrogens (tertiary/aromatic N) is 7. The van der Waals surface area contributed by atoms with E-state index in [-0.39, 0.29) is 11.4 Å². The molecule has 12 nitrogen and oxygen atoms in total. The van der Waals surface area contributed by atoms with Crippen LogP contribution in [0.1, 0.15) is 18.9 Å². The van der Waals surface area contributed by atoms with Gasteiger partial charge < -0.3 is 19.7 Å². The predicted molar refractivity (Wildman–Crippen MR) is 147 cm³/mol. The van der Waals surface area contributed by atoms with E-state index >= 15 is 0 Å². The number of fused-ring (bicyclic) bond motifs is 2. The minimum absolute atomic E-state index is 0.131. The number of aryl methyl sites for hydroxylation is 1. The first-order chi connectivity index (χ1) is 18.9. The van der Waals surface area contributed by atoms with Crippen LogP contribution in [0.25, 0.3) is 16.6 Å². The number of nitro groups is 1. The van der Waals surface area contributed by atoms with Crippen LogP contribution in [0.3, 0.4) is 0 Å². The third-order valence-corrected chi connectivity index (χ3v) is 6.31. The lowest BCUT2D eigenvalue weighted by Crippen LogP contribution is -2.20. The second-order valence-electron chi connectivity index (χ2n) is 9.05. The number of anilines is 2. The Morgan fingerprint density at radius 2 is 1.95 bits per heavy atom. The standard InChI is InChI=1S/C27H28N8O4/c1-4-33(3)9-5-11-38-25-15-22-21(14-23(25)35(36)37)27(30-16-28-22)32-19-6-7-24(18(2)12-19)39-20-8-10-34-26(13-20)29-17-31-34/h6-8,10,12-17H,4-5,9,11H2,1-3H3,(H,28,30,32). The molecule has 39 heavy (non-hydrogen) atoms. The largest absolute Gasteiger partial charge is 0.487 e. The zero-order valence-electron chi connectivity index (χ0n) is 21.9. The average Bonchev–Trinajstić information content (AvgIpc) is 3.40. The van der Waals surface area contributed by atoms with Crippen LogP contribution in [0.15, 0.2) is 61.3 Å². The summed E-state index contributed by atoms with van der Waals surface area (Å²) in [6.07, 6.45) is 5.44. The first-order valence-electron chi connectivity index (χ1n) is 12.5. The van der Waals surface area contributed by atoms with Gasteiger partial charge in [-0.2, -0.15) is 5.10 Å². The van der Waals surface area contributed by atoms with Crippen molar-refractivity contribution in [3.8, 4) is 17.2 Å². The Hall–Kier alpha value is -4.84. The lowest BCUT2D eigenvalue weighted by molar-refractivity contribution is -0.385. The third kappa shape index (κ3) is 5.85. The fourth-order valence-electron chi connectivity index (χ4n) is 4.07. The summed E-state index contributed by atoms with van der Waals surface area (Å²) in [5.41, 5.74) is 2.73. The van der Waals surface area contributed by atoms with Crippen LogP contribution in [0.5, 0.6) is 17.2 Å². The highest BCUT2D eigenvalue weighted by atomic mass is 16.6. The van der Waals surface area contributed by atoms with E-state index in [1.54, 1.807) is 22.8 Å². The van der Waals surface area contributed by atoms with Gasteiger partial charge in [-0.3, -0.25) is 10.1 Å². The van der Waals surface area contributed by atoms with E-state index < -0.39 is 4.92 Å². The van der Waals surface area contributed by atoms with Gasteiger partial charge >= 0.3 is 5.69 Å². The minimum atomic E-state index is -0.448. The normalized spacial score (nSPS) is 11.3. The zero-order chi connectivity index (χ0) is 27.4. The highest BCUT2D eigenvalue weighted by Gasteiger charge is 2.19. The van der Waals surface area contributed by atoms with Crippen molar-refractivity contribution < 1.29 is 14.4 Å². The van der Waals surface area contributed by atoms with Gasteiger partial charge in [0.25, 0.3) is 0 Å². The van der Waals surface area contributed by atoms with Crippen molar-refractivity contribution in [2.24, 2.45) is 0 Å². The summed E-state index contributed by atoms with van der Waals surface area (Å²) in [7, 11) is 2.02. The van der Waals surface area contributed by atoms with Crippen LogP contribution in [0.4, 0.5) is 17.2 Å². The summed E-state index contributed by atoms with van der Waals surface area (Å²) in [4.78, 5) is 26.4. The molecule has 0 unspecified atom stereocenters. The molecule has 0 atom stereocenters. The van der Waals surface area contributed by atoms with Crippen LogP contribution in [-0.2, 0) is 0 Å². The second kappa shape index (κ2) is 11.3. The van der Waals surface area contributed by atoms with Gasteiger partial charge in [0.1, 0.15) is 30.0 Å². The molecule has 0 fully saturated rings. The molecule has 5 aromatic rings. The highest BCUT2D eigenvalue weighted by Crippen LogP contribution is 2.35. The van der Waals surface area contributed by atoms with Crippen molar-refractivity contribution in [1.29, 1.82) is 0 Å². The first-order valence-corrected chi connectivity index (χ1v) is 12.5. The number of rotatable bonds is 11. The van der Waals surface area contributed by atoms with E-state index in [2.05, 4.69) is 37.2 Å². The fraction of sp³-hybridized carbons (Fsp3) is 0.259. The van der Waals surface area contributed by atoms with Crippen molar-refractivity contribution in [2.75, 3.05) is 32.1 Å². The van der Waals surface area contributed by atoms with Crippen molar-refractivity contribution in [2.45, 2.75) is 20.3 Å². The molecule has 2 aromatic carbocycles. The average molecular weight is 529 g/mol. The molecule has 12 heteroatoms. The molecule has 0 radical (unpaired) electrons. The Labute approximate surface area is 224 Å². The predicted octanol–water partition coefficient (Wildman–Crippen LogP) is 5.15. The molecule has 200 valence electrons. The molecule has 0 saturated heterocycles. The lowest BCUT2D eigenvalue weighted by Gasteiger charge is -2.14. The van der Waals surface area contributed by atoms with Gasteiger partial charge in [0.2, 0.25) is 0 Å². The molecule has 0 amide bonds. The smallest absolute Gasteiger partial charge is 0.311 e. The topological polar surface area (TPSA) is 133 Å². The van der Waals surface area contributed by atoms with E-state index in [1.807, 2.05) is 38.2 Å². The number of pyridine rings is 1. The van der Waals surface area contributed by atoms with Crippen LogP contribution >= 0.6 is 0 Å². The van der Waals surface area contributed by atoms with Crippen LogP contribution in [0.2, 0.25) is 0 Å². The Morgan fingerprint density at radius 3 is 2.74 bits per heavy atom. The Morgan fingerprint density at radius 1 is 1.08 bits per heavy atom. The molecular formula is C27H28N8O4. The molecule has 0 aliphatic rings. The van der Waals surface area contributed by atoms with Crippen LogP contribution in [0, 0.1) is 17.0 Å². The van der Waals surface area contributed by atoms with E-state index in [0.717, 1.165) is 30.8 Å². The Balaban J connectivity index is 1.35. The number of hydrogen-bond acceptors (Lipinski definition) is 10. The summed E-state index contributed by atoms with van der Waals surface area (Å²) in [5, 5.41) is 19.7. The number of aromatic nitrogens is 5. The summed E-state index contributed by atoms with van der Waals surface area (Å²) in [6.45, 7) is 6.15. The maximum Gasteiger partial charge on any atom is 0.311 e. The minimum Gasteiger partial charge on any atom is -0.487 e. The number of hydrogen-bond donors (Lipinski definition) is 1. The summed E-state index contributed by atoms with van der Waals surface area (Å²) >= 11 is 0. The fourth-order valence-corrected chi connectivity index (χ4v) is 4.07. The Bertz CT molecular complexity index is 1640. The summed E-state index contributed by atoms with van der Waals surface area (Å²) in [6, 6.07) is 12.3. The molecule has 0 aliphatic heterocycles. The molecular weight excluding hydrogens is 500 g/mol. The van der Waals surface area contributed by atoms with E-state index in [9.17, 15) is 10.1 Å². The van der Waals surface area contributed by atoms with E-state index in [4.69, 9.17) is 9.47 Å². The van der Waals surface area contributed by atoms with Gasteiger partial charge in [-0.05, 0) is 56.8 Å². The monoisotopic (exact) mass is 528 g/mol. The van der Waals surface area contributed by atoms with Gasteiger partial charge in [0.05, 0.1) is 22.4 Å². The number of nitrogens with one attached hydrogen (secondary N) is 1. The van der Waals surface area contributed by atoms with Crippen molar-refractivity contribution in [3.05, 3.63) is 77.0 Å². The quantitative estimate of drug-likeness (QED) is 0.139. The van der Waals surface area contributed by atoms with Crippen molar-refractivity contribution in [1.82, 2.24) is 29.5 Å². The van der Waals surface area contributed by atoms with Gasteiger partial charge in [0, 0.05) is 36.6 Å². The summed E-state index contributed by atoms with van der Waals surface area (Å²) < 4.78 is 13.5. The molecule has 0 spiro atoms. The molecule has 1 N–H and O–H groups in total. The first kappa shape index (κ1) is 25.8. The number of nitro benzene ring substituents is 1. The number of ether oxygens (including phenoxy) is 2. The molecule has 3 heterocycles. The molecule has 3 aromatic heterocycles. The maximum absolute atomic E-state index is 11.8.